The van der Waals surface area contributed by atoms with E-state index in [0.29, 0.717) is 4.90 Å². The van der Waals surface area contributed by atoms with Gasteiger partial charge in [0.15, 0.2) is 0 Å². The zero-order chi connectivity index (χ0) is 22.7. The lowest BCUT2D eigenvalue weighted by atomic mass is 10.2. The molecule has 0 aliphatic heterocycles. The van der Waals surface area contributed by atoms with Gasteiger partial charge < -0.3 is 19.3 Å². The van der Waals surface area contributed by atoms with Crippen LogP contribution in [0.25, 0.3) is 0 Å². The van der Waals surface area contributed by atoms with E-state index >= 15 is 0 Å². The number of hydrogen-bond donors (Lipinski definition) is 2. The number of aliphatic hydroxyl groups excluding tert-OH is 1. The van der Waals surface area contributed by atoms with Crippen molar-refractivity contribution >= 4 is 18.1 Å². The molecule has 0 bridgehead atoms. The summed E-state index contributed by atoms with van der Waals surface area (Å²) in [4.78, 5) is 33.4. The Hall–Kier alpha value is -2.05. The summed E-state index contributed by atoms with van der Waals surface area (Å²) in [5.74, 6) is -0.629. The number of alkyl halides is 2. The molecule has 0 unspecified atom stereocenters. The predicted octanol–water partition coefficient (Wildman–Crippen LogP) is 2.31. The largest absolute Gasteiger partial charge is 0.443 e. The van der Waals surface area contributed by atoms with Crippen molar-refractivity contribution in [1.29, 1.82) is 0 Å². The number of aliphatic hydroxyl groups is 1. The maximum atomic E-state index is 13.0. The van der Waals surface area contributed by atoms with E-state index in [2.05, 4.69) is 10.5 Å². The van der Waals surface area contributed by atoms with Gasteiger partial charge in [0.25, 0.3) is 6.43 Å². The SMILES string of the molecule is CC(C)(C)OC(=O)/N=C(/NOCCOCCO)N(CC(F)F)C(=O)OC(C)(C)C. The van der Waals surface area contributed by atoms with Crippen molar-refractivity contribution in [2.75, 3.05) is 33.0 Å². The van der Waals surface area contributed by atoms with Crippen molar-refractivity contribution in [2.45, 2.75) is 59.2 Å². The van der Waals surface area contributed by atoms with E-state index in [1.165, 1.54) is 0 Å². The molecule has 2 amide bonds. The van der Waals surface area contributed by atoms with Gasteiger partial charge >= 0.3 is 12.2 Å². The van der Waals surface area contributed by atoms with Gasteiger partial charge in [-0.1, -0.05) is 0 Å². The number of halogens is 2. The molecule has 0 heterocycles. The highest BCUT2D eigenvalue weighted by Gasteiger charge is 2.30. The number of rotatable bonds is 8. The van der Waals surface area contributed by atoms with Crippen LogP contribution in [0.3, 0.4) is 0 Å². The fourth-order valence-electron chi connectivity index (χ4n) is 1.59. The number of nitrogens with zero attached hydrogens (tertiary/aromatic N) is 2. The topological polar surface area (TPSA) is 119 Å². The van der Waals surface area contributed by atoms with Gasteiger partial charge in [0, 0.05) is 0 Å². The summed E-state index contributed by atoms with van der Waals surface area (Å²) < 4.78 is 41.2. The van der Waals surface area contributed by atoms with Crippen molar-refractivity contribution in [3.05, 3.63) is 0 Å². The second-order valence-corrected chi connectivity index (χ2v) is 7.68. The number of ether oxygens (including phenoxy) is 3. The van der Waals surface area contributed by atoms with Gasteiger partial charge in [-0.15, -0.1) is 4.99 Å². The molecule has 0 aliphatic rings. The van der Waals surface area contributed by atoms with Crippen molar-refractivity contribution in [3.8, 4) is 0 Å². The summed E-state index contributed by atoms with van der Waals surface area (Å²) in [5, 5.41) is 8.63. The Morgan fingerprint density at radius 2 is 1.62 bits per heavy atom. The molecule has 12 heteroatoms. The Morgan fingerprint density at radius 1 is 1.03 bits per heavy atom. The van der Waals surface area contributed by atoms with Crippen LogP contribution in [0.1, 0.15) is 41.5 Å². The quantitative estimate of drug-likeness (QED) is 0.262. The first kappa shape index (κ1) is 27.0. The van der Waals surface area contributed by atoms with Gasteiger partial charge in [-0.2, -0.15) is 0 Å². The number of amides is 2. The molecule has 0 fully saturated rings. The maximum Gasteiger partial charge on any atom is 0.437 e. The van der Waals surface area contributed by atoms with E-state index in [9.17, 15) is 18.4 Å². The minimum absolute atomic E-state index is 0.0502. The van der Waals surface area contributed by atoms with Crippen LogP contribution in [0, 0.1) is 0 Å². The zero-order valence-corrected chi connectivity index (χ0v) is 17.7. The monoisotopic (exact) mass is 427 g/mol. The van der Waals surface area contributed by atoms with Crippen molar-refractivity contribution in [2.24, 2.45) is 4.99 Å². The standard InChI is InChI=1S/C17H31F2N3O7/c1-16(2,3)28-14(24)20-13(21-27-10-9-26-8-7-23)22(11-12(18)19)15(25)29-17(4,5)6/h12,23H,7-11H2,1-6H3,(H,20,21,24). The number of nitrogens with one attached hydrogen (secondary N) is 1. The lowest BCUT2D eigenvalue weighted by Gasteiger charge is -2.28. The normalized spacial score (nSPS) is 12.7. The molecule has 0 aromatic heterocycles. The van der Waals surface area contributed by atoms with E-state index in [0.717, 1.165) is 0 Å². The summed E-state index contributed by atoms with van der Waals surface area (Å²) >= 11 is 0. The molecule has 0 spiro atoms. The van der Waals surface area contributed by atoms with E-state index in [1.807, 2.05) is 0 Å². The molecule has 0 atom stereocenters. The summed E-state index contributed by atoms with van der Waals surface area (Å²) in [6, 6.07) is 0. The highest BCUT2D eigenvalue weighted by molar-refractivity contribution is 5.98. The number of carbonyl (C=O) groups is 2. The first-order valence-electron chi connectivity index (χ1n) is 8.92. The number of hydrogen-bond acceptors (Lipinski definition) is 7. The van der Waals surface area contributed by atoms with Gasteiger partial charge in [-0.25, -0.2) is 28.7 Å². The molecule has 2 N–H and O–H groups in total. The Balaban J connectivity index is 5.47. The molecule has 10 nitrogen and oxygen atoms in total. The molecule has 0 aromatic carbocycles. The van der Waals surface area contributed by atoms with E-state index in [-0.39, 0.29) is 26.4 Å². The molecule has 0 aromatic rings. The van der Waals surface area contributed by atoms with Crippen LogP contribution in [0.15, 0.2) is 4.99 Å². The van der Waals surface area contributed by atoms with Crippen molar-refractivity contribution < 1.29 is 42.5 Å². The first-order valence-corrected chi connectivity index (χ1v) is 8.92. The number of hydroxylamine groups is 1. The minimum atomic E-state index is -2.94. The Morgan fingerprint density at radius 3 is 2.10 bits per heavy atom. The summed E-state index contributed by atoms with van der Waals surface area (Å²) in [6.45, 7) is 8.19. The van der Waals surface area contributed by atoms with Gasteiger partial charge in [0.05, 0.1) is 33.0 Å². The van der Waals surface area contributed by atoms with Crippen LogP contribution in [-0.2, 0) is 19.0 Å². The highest BCUT2D eigenvalue weighted by Crippen LogP contribution is 2.13. The summed E-state index contributed by atoms with van der Waals surface area (Å²) in [5.41, 5.74) is 0.307. The highest BCUT2D eigenvalue weighted by atomic mass is 19.3. The smallest absolute Gasteiger partial charge is 0.437 e. The van der Waals surface area contributed by atoms with Crippen molar-refractivity contribution in [1.82, 2.24) is 10.4 Å². The Bertz CT molecular complexity index is 546. The first-order chi connectivity index (χ1) is 13.2. The lowest BCUT2D eigenvalue weighted by molar-refractivity contribution is -0.0000503. The van der Waals surface area contributed by atoms with E-state index in [1.54, 1.807) is 41.5 Å². The van der Waals surface area contributed by atoms with Crippen LogP contribution >= 0.6 is 0 Å². The molecule has 170 valence electrons. The number of guanidine groups is 1. The Labute approximate surface area is 169 Å². The third-order valence-corrected chi connectivity index (χ3v) is 2.51. The Kier molecular flexibility index (Phi) is 11.6. The third-order valence-electron chi connectivity index (χ3n) is 2.51. The van der Waals surface area contributed by atoms with Gasteiger partial charge in [0.2, 0.25) is 5.96 Å². The van der Waals surface area contributed by atoms with E-state index in [4.69, 9.17) is 24.2 Å². The molecular weight excluding hydrogens is 396 g/mol. The summed E-state index contributed by atoms with van der Waals surface area (Å²) in [7, 11) is 0. The second kappa shape index (κ2) is 12.5. The maximum absolute atomic E-state index is 13.0. The van der Waals surface area contributed by atoms with E-state index < -0.39 is 42.3 Å². The molecule has 0 rings (SSSR count). The third kappa shape index (κ3) is 14.6. The van der Waals surface area contributed by atoms with Crippen LogP contribution in [0.4, 0.5) is 18.4 Å². The summed E-state index contributed by atoms with van der Waals surface area (Å²) in [6.07, 6.45) is -5.23. The molecule has 0 saturated heterocycles. The fourth-order valence-corrected chi connectivity index (χ4v) is 1.59. The van der Waals surface area contributed by atoms with Crippen LogP contribution in [0.5, 0.6) is 0 Å². The van der Waals surface area contributed by atoms with Crippen LogP contribution in [0.2, 0.25) is 0 Å². The van der Waals surface area contributed by atoms with Gasteiger partial charge in [-0.05, 0) is 41.5 Å². The average Bonchev–Trinajstić information content (AvgIpc) is 2.51. The molecule has 0 saturated carbocycles. The zero-order valence-electron chi connectivity index (χ0n) is 17.7. The van der Waals surface area contributed by atoms with Crippen molar-refractivity contribution in [3.63, 3.8) is 0 Å². The van der Waals surface area contributed by atoms with Gasteiger partial charge in [-0.3, -0.25) is 4.84 Å². The second-order valence-electron chi connectivity index (χ2n) is 7.68. The number of aliphatic imine (C=N–C) groups is 1. The fraction of sp³-hybridized carbons (Fsp3) is 0.824. The lowest BCUT2D eigenvalue weighted by Crippen LogP contribution is -2.49. The minimum Gasteiger partial charge on any atom is -0.443 e. The molecule has 0 aliphatic carbocycles. The molecule has 0 radical (unpaired) electrons. The van der Waals surface area contributed by atoms with Crippen LogP contribution < -0.4 is 5.48 Å². The average molecular weight is 427 g/mol. The molecular formula is C17H31F2N3O7. The van der Waals surface area contributed by atoms with Crippen LogP contribution in [-0.4, -0.2) is 78.8 Å². The van der Waals surface area contributed by atoms with Gasteiger partial charge in [0.1, 0.15) is 11.2 Å². The molecule has 29 heavy (non-hydrogen) atoms. The predicted molar refractivity (Wildman–Crippen MR) is 99.6 cm³/mol. The number of carbonyl (C=O) groups excluding carboxylic acids is 2.